The summed E-state index contributed by atoms with van der Waals surface area (Å²) in [6, 6.07) is 9.21. The fourth-order valence-electron chi connectivity index (χ4n) is 4.61. The lowest BCUT2D eigenvalue weighted by molar-refractivity contribution is -0.142. The first kappa shape index (κ1) is 26.3. The highest BCUT2D eigenvalue weighted by Crippen LogP contribution is 2.27. The van der Waals surface area contributed by atoms with E-state index in [4.69, 9.17) is 4.74 Å². The van der Waals surface area contributed by atoms with Crippen molar-refractivity contribution in [3.8, 4) is 5.75 Å². The molecule has 0 radical (unpaired) electrons. The highest BCUT2D eigenvalue weighted by molar-refractivity contribution is 7.89. The quantitative estimate of drug-likeness (QED) is 0.506. The van der Waals surface area contributed by atoms with Crippen molar-refractivity contribution in [1.82, 2.24) is 14.1 Å². The van der Waals surface area contributed by atoms with Crippen LogP contribution in [0.4, 0.5) is 0 Å². The standard InChI is InChI=1S/C25H27N3O8S/c1-16-15-17(7-9-21(16)36-2)37(34,35)27-13-11-26(12-14-27)22(29)10-8-20(25(32)33)28-23(30)18-5-3-4-6-19(18)24(28)31/h3-7,9,15,20H,8,10-14H2,1-2H3,(H,32,33)/t20-/m0/s1. The predicted octanol–water partition coefficient (Wildman–Crippen LogP) is 1.37. The van der Waals surface area contributed by atoms with Crippen LogP contribution in [0.5, 0.6) is 5.75 Å². The second-order valence-electron chi connectivity index (χ2n) is 8.83. The van der Waals surface area contributed by atoms with Gasteiger partial charge >= 0.3 is 5.97 Å². The molecule has 1 atom stereocenters. The summed E-state index contributed by atoms with van der Waals surface area (Å²) in [4.78, 5) is 52.4. The molecule has 1 saturated heterocycles. The molecule has 11 nitrogen and oxygen atoms in total. The van der Waals surface area contributed by atoms with Crippen LogP contribution in [-0.4, -0.2) is 90.7 Å². The molecule has 37 heavy (non-hydrogen) atoms. The smallest absolute Gasteiger partial charge is 0.326 e. The first-order valence-electron chi connectivity index (χ1n) is 11.7. The molecule has 2 aliphatic rings. The van der Waals surface area contributed by atoms with Gasteiger partial charge in [-0.3, -0.25) is 19.3 Å². The summed E-state index contributed by atoms with van der Waals surface area (Å²) in [5, 5.41) is 9.70. The van der Waals surface area contributed by atoms with Crippen LogP contribution in [0.25, 0.3) is 0 Å². The minimum atomic E-state index is -3.76. The highest BCUT2D eigenvalue weighted by Gasteiger charge is 2.43. The van der Waals surface area contributed by atoms with Gasteiger partial charge in [0, 0.05) is 32.6 Å². The molecular weight excluding hydrogens is 502 g/mol. The van der Waals surface area contributed by atoms with E-state index in [1.165, 1.54) is 40.6 Å². The minimum Gasteiger partial charge on any atom is -0.496 e. The van der Waals surface area contributed by atoms with E-state index in [1.807, 2.05) is 0 Å². The number of carboxylic acids is 1. The second-order valence-corrected chi connectivity index (χ2v) is 10.8. The van der Waals surface area contributed by atoms with Crippen LogP contribution in [0.1, 0.15) is 39.1 Å². The summed E-state index contributed by atoms with van der Waals surface area (Å²) in [6.45, 7) is 2.19. The molecule has 2 aromatic rings. The van der Waals surface area contributed by atoms with Crippen LogP contribution in [0.3, 0.4) is 0 Å². The average molecular weight is 530 g/mol. The summed E-state index contributed by atoms with van der Waals surface area (Å²) in [6.07, 6.45) is -0.460. The van der Waals surface area contributed by atoms with Crippen molar-refractivity contribution in [2.75, 3.05) is 33.3 Å². The van der Waals surface area contributed by atoms with Crippen LogP contribution in [-0.2, 0) is 19.6 Å². The molecule has 0 unspecified atom stereocenters. The molecule has 2 heterocycles. The fourth-order valence-corrected chi connectivity index (χ4v) is 6.12. The van der Waals surface area contributed by atoms with Gasteiger partial charge < -0.3 is 14.7 Å². The molecule has 2 aliphatic heterocycles. The number of fused-ring (bicyclic) bond motifs is 1. The van der Waals surface area contributed by atoms with E-state index in [0.717, 1.165) is 0 Å². The van der Waals surface area contributed by atoms with Gasteiger partial charge in [-0.2, -0.15) is 4.31 Å². The number of hydrogen-bond acceptors (Lipinski definition) is 7. The molecule has 4 rings (SSSR count). The van der Waals surface area contributed by atoms with E-state index in [2.05, 4.69) is 0 Å². The molecule has 0 spiro atoms. The molecule has 3 amide bonds. The maximum absolute atomic E-state index is 13.1. The summed E-state index contributed by atoms with van der Waals surface area (Å²) < 4.78 is 32.6. The molecule has 0 aliphatic carbocycles. The lowest BCUT2D eigenvalue weighted by atomic mass is 10.1. The number of imide groups is 1. The maximum atomic E-state index is 13.1. The highest BCUT2D eigenvalue weighted by atomic mass is 32.2. The summed E-state index contributed by atoms with van der Waals surface area (Å²) in [5.74, 6) is -2.58. The van der Waals surface area contributed by atoms with E-state index < -0.39 is 33.8 Å². The number of benzene rings is 2. The second kappa shape index (κ2) is 10.3. The summed E-state index contributed by atoms with van der Waals surface area (Å²) >= 11 is 0. The maximum Gasteiger partial charge on any atom is 0.326 e. The molecule has 2 aromatic carbocycles. The third-order valence-electron chi connectivity index (χ3n) is 6.65. The fraction of sp³-hybridized carbons (Fsp3) is 0.360. The number of aryl methyl sites for hydroxylation is 1. The number of hydrogen-bond donors (Lipinski definition) is 1. The number of methoxy groups -OCH3 is 1. The molecular formula is C25H27N3O8S. The van der Waals surface area contributed by atoms with Gasteiger partial charge in [-0.1, -0.05) is 12.1 Å². The predicted molar refractivity (Wildman–Crippen MR) is 131 cm³/mol. The number of amides is 3. The van der Waals surface area contributed by atoms with Crippen molar-refractivity contribution in [3.63, 3.8) is 0 Å². The van der Waals surface area contributed by atoms with Gasteiger partial charge in [0.25, 0.3) is 11.8 Å². The Balaban J connectivity index is 1.37. The van der Waals surface area contributed by atoms with Crippen LogP contribution in [0, 0.1) is 6.92 Å². The lowest BCUT2D eigenvalue weighted by Crippen LogP contribution is -2.51. The van der Waals surface area contributed by atoms with Crippen molar-refractivity contribution in [2.24, 2.45) is 0 Å². The van der Waals surface area contributed by atoms with Crippen molar-refractivity contribution in [3.05, 3.63) is 59.2 Å². The first-order chi connectivity index (χ1) is 17.6. The number of piperazine rings is 1. The lowest BCUT2D eigenvalue weighted by Gasteiger charge is -2.34. The first-order valence-corrected chi connectivity index (χ1v) is 13.1. The van der Waals surface area contributed by atoms with Crippen LogP contribution in [0.2, 0.25) is 0 Å². The van der Waals surface area contributed by atoms with Gasteiger partial charge in [0.2, 0.25) is 15.9 Å². The zero-order chi connectivity index (χ0) is 26.9. The minimum absolute atomic E-state index is 0.0832. The van der Waals surface area contributed by atoms with E-state index >= 15 is 0 Å². The number of carboxylic acid groups (broad SMARTS) is 1. The van der Waals surface area contributed by atoms with Crippen molar-refractivity contribution in [2.45, 2.75) is 30.7 Å². The Hall–Kier alpha value is -3.77. The van der Waals surface area contributed by atoms with E-state index in [1.54, 1.807) is 25.1 Å². The number of rotatable bonds is 8. The molecule has 196 valence electrons. The number of carbonyl (C=O) groups is 4. The molecule has 0 saturated carbocycles. The number of aliphatic carboxylic acids is 1. The van der Waals surface area contributed by atoms with E-state index in [9.17, 15) is 32.7 Å². The number of ether oxygens (including phenoxy) is 1. The normalized spacial score (nSPS) is 17.0. The number of carbonyl (C=O) groups excluding carboxylic acids is 3. The van der Waals surface area contributed by atoms with Gasteiger partial charge in [-0.05, 0) is 49.2 Å². The van der Waals surface area contributed by atoms with Gasteiger partial charge in [0.05, 0.1) is 23.1 Å². The Kier molecular flexibility index (Phi) is 7.32. The average Bonchev–Trinajstić information content (AvgIpc) is 3.14. The zero-order valence-corrected chi connectivity index (χ0v) is 21.2. The van der Waals surface area contributed by atoms with Gasteiger partial charge in [-0.15, -0.1) is 0 Å². The molecule has 1 N–H and O–H groups in total. The molecule has 0 aromatic heterocycles. The Labute approximate surface area is 214 Å². The van der Waals surface area contributed by atoms with Gasteiger partial charge in [0.15, 0.2) is 0 Å². The topological polar surface area (TPSA) is 142 Å². The van der Waals surface area contributed by atoms with Gasteiger partial charge in [0.1, 0.15) is 11.8 Å². The Morgan fingerprint density at radius 3 is 2.11 bits per heavy atom. The third kappa shape index (κ3) is 4.94. The van der Waals surface area contributed by atoms with Crippen molar-refractivity contribution in [1.29, 1.82) is 0 Å². The summed E-state index contributed by atoms with van der Waals surface area (Å²) in [5.41, 5.74) is 0.951. The SMILES string of the molecule is COc1ccc(S(=O)(=O)N2CCN(C(=O)CC[C@@H](C(=O)O)N3C(=O)c4ccccc4C3=O)CC2)cc1C. The molecule has 12 heteroatoms. The van der Waals surface area contributed by atoms with Crippen LogP contribution < -0.4 is 4.74 Å². The third-order valence-corrected chi connectivity index (χ3v) is 8.54. The summed E-state index contributed by atoms with van der Waals surface area (Å²) in [7, 11) is -2.26. The zero-order valence-electron chi connectivity index (χ0n) is 20.4. The Morgan fingerprint density at radius 1 is 1.00 bits per heavy atom. The van der Waals surface area contributed by atoms with E-state index in [0.29, 0.717) is 16.2 Å². The molecule has 0 bridgehead atoms. The number of sulfonamides is 1. The molecule has 1 fully saturated rings. The Morgan fingerprint density at radius 2 is 1.59 bits per heavy atom. The Bertz CT molecular complexity index is 1330. The van der Waals surface area contributed by atoms with Crippen molar-refractivity contribution < 1.29 is 37.4 Å². The number of nitrogens with zero attached hydrogens (tertiary/aromatic N) is 3. The van der Waals surface area contributed by atoms with Crippen molar-refractivity contribution >= 4 is 33.7 Å². The van der Waals surface area contributed by atoms with E-state index in [-0.39, 0.29) is 61.0 Å². The van der Waals surface area contributed by atoms with Crippen LogP contribution >= 0.6 is 0 Å². The van der Waals surface area contributed by atoms with Gasteiger partial charge in [-0.25, -0.2) is 13.2 Å². The monoisotopic (exact) mass is 529 g/mol. The van der Waals surface area contributed by atoms with Crippen LogP contribution in [0.15, 0.2) is 47.4 Å². The largest absolute Gasteiger partial charge is 0.496 e.